The van der Waals surface area contributed by atoms with Gasteiger partial charge < -0.3 is 20.7 Å². The normalized spacial score (nSPS) is 28.7. The minimum absolute atomic E-state index is 0.0218. The Balaban J connectivity index is 2.04. The molecule has 126 valence electrons. The van der Waals surface area contributed by atoms with E-state index >= 15 is 0 Å². The highest BCUT2D eigenvalue weighted by molar-refractivity contribution is 7.47. The van der Waals surface area contributed by atoms with Gasteiger partial charge in [-0.25, -0.2) is 4.79 Å². The summed E-state index contributed by atoms with van der Waals surface area (Å²) >= 11 is 0. The summed E-state index contributed by atoms with van der Waals surface area (Å²) < 4.78 is 36.2. The molecule has 0 bridgehead atoms. The van der Waals surface area contributed by atoms with E-state index in [9.17, 15) is 24.1 Å². The first kappa shape index (κ1) is 18.0. The zero-order chi connectivity index (χ0) is 17.1. The van der Waals surface area contributed by atoms with Gasteiger partial charge in [0.2, 0.25) is 0 Å². The van der Waals surface area contributed by atoms with Crippen LogP contribution in [0.4, 0.5) is 5.82 Å². The van der Waals surface area contributed by atoms with Crippen LogP contribution in [0.1, 0.15) is 6.23 Å². The minimum atomic E-state index is -3.11. The van der Waals surface area contributed by atoms with Crippen LogP contribution in [0.25, 0.3) is 0 Å². The van der Waals surface area contributed by atoms with Crippen LogP contribution in [-0.4, -0.2) is 49.6 Å². The van der Waals surface area contributed by atoms with Crippen molar-refractivity contribution < 1.29 is 37.8 Å². The summed E-state index contributed by atoms with van der Waals surface area (Å²) in [6, 6.07) is 1.30. The van der Waals surface area contributed by atoms with E-state index in [1.54, 1.807) is 0 Å². The molecule has 6 unspecified atom stereocenters. The number of rotatable bonds is 6. The molecule has 5 N–H and O–H groups in total. The van der Waals surface area contributed by atoms with E-state index in [4.69, 9.17) is 15.4 Å². The number of hydrogen-bond acceptors (Lipinski definition) is 10. The maximum atomic E-state index is 11.7. The zero-order valence-electron chi connectivity index (χ0n) is 11.3. The molecule has 0 aromatic carbocycles. The molecule has 14 heteroatoms. The fourth-order valence-corrected chi connectivity index (χ4v) is 2.84. The summed E-state index contributed by atoms with van der Waals surface area (Å²) in [6.45, 7) is -0.510. The van der Waals surface area contributed by atoms with Crippen LogP contribution in [0.5, 0.6) is 0 Å². The van der Waals surface area contributed by atoms with E-state index in [2.05, 4.69) is 13.8 Å². The molecule has 6 atom stereocenters. The Hall–Kier alpha value is -1.36. The number of ether oxygens (including phenoxy) is 1. The van der Waals surface area contributed by atoms with E-state index in [1.807, 2.05) is 0 Å². The predicted molar refractivity (Wildman–Crippen MR) is 73.3 cm³/mol. The van der Waals surface area contributed by atoms with Crippen molar-refractivity contribution in [1.29, 1.82) is 0 Å². The maximum Gasteiger partial charge on any atom is 0.747 e. The lowest BCUT2D eigenvalue weighted by molar-refractivity contribution is -0.0515. The number of nitrogen functional groups attached to an aromatic ring is 1. The van der Waals surface area contributed by atoms with Gasteiger partial charge in [0.1, 0.15) is 30.7 Å². The number of nitrogens with two attached hydrogens (primary N) is 1. The average Bonchev–Trinajstić information content (AvgIpc) is 2.73. The predicted octanol–water partition coefficient (Wildman–Crippen LogP) is -1.22. The Morgan fingerprint density at radius 2 is 2.09 bits per heavy atom. The molecule has 0 saturated carbocycles. The monoisotopic (exact) mass is 369 g/mol. The lowest BCUT2D eigenvalue weighted by Gasteiger charge is -2.16. The van der Waals surface area contributed by atoms with Gasteiger partial charge >= 0.3 is 22.2 Å². The molecule has 1 aromatic rings. The molecule has 1 fully saturated rings. The third-order valence-electron chi connectivity index (χ3n) is 2.94. The van der Waals surface area contributed by atoms with E-state index in [-0.39, 0.29) is 5.82 Å². The Bertz CT molecular complexity index is 668. The fourth-order valence-electron chi connectivity index (χ4n) is 1.93. The van der Waals surface area contributed by atoms with Crippen molar-refractivity contribution in [3.8, 4) is 0 Å². The Morgan fingerprint density at radius 3 is 2.70 bits per heavy atom. The number of nitrogens with zero attached hydrogens (tertiary/aromatic N) is 2. The van der Waals surface area contributed by atoms with Crippen molar-refractivity contribution in [3.63, 3.8) is 0 Å². The molecule has 1 aliphatic heterocycles. The minimum Gasteiger partial charge on any atom is -0.387 e. The lowest BCUT2D eigenvalue weighted by atomic mass is 10.1. The Labute approximate surface area is 130 Å². The van der Waals surface area contributed by atoms with Gasteiger partial charge in [0, 0.05) is 15.3 Å². The van der Waals surface area contributed by atoms with E-state index in [0.29, 0.717) is 0 Å². The summed E-state index contributed by atoms with van der Waals surface area (Å²) in [5.74, 6) is -0.0218. The second kappa shape index (κ2) is 7.47. The SMILES string of the molecule is Nc1ccn(C2OC(CO[P+](=O)O[P+](=O)O)C(O)C2O)c(=O)n1. The van der Waals surface area contributed by atoms with Gasteiger partial charge in [-0.15, -0.1) is 9.42 Å². The van der Waals surface area contributed by atoms with E-state index in [1.165, 1.54) is 12.3 Å². The van der Waals surface area contributed by atoms with Crippen LogP contribution in [0.15, 0.2) is 17.1 Å². The van der Waals surface area contributed by atoms with Crippen LogP contribution in [0, 0.1) is 0 Å². The van der Waals surface area contributed by atoms with Crippen molar-refractivity contribution in [2.24, 2.45) is 0 Å². The van der Waals surface area contributed by atoms with Crippen LogP contribution in [-0.2, 0) is 22.7 Å². The molecule has 1 saturated heterocycles. The molecule has 1 aromatic heterocycles. The molecule has 23 heavy (non-hydrogen) atoms. The summed E-state index contributed by atoms with van der Waals surface area (Å²) in [5.41, 5.74) is 4.55. The molecule has 0 radical (unpaired) electrons. The summed E-state index contributed by atoms with van der Waals surface area (Å²) in [4.78, 5) is 23.6. The molecular formula is C9H13N3O9P2+2. The topological polar surface area (TPSA) is 183 Å². The fraction of sp³-hybridized carbons (Fsp3) is 0.556. The van der Waals surface area contributed by atoms with Gasteiger partial charge in [0.15, 0.2) is 10.5 Å². The third-order valence-corrected chi connectivity index (χ3v) is 4.40. The molecular weight excluding hydrogens is 356 g/mol. The molecule has 12 nitrogen and oxygen atoms in total. The van der Waals surface area contributed by atoms with Gasteiger partial charge in [0.05, 0.1) is 0 Å². The first-order chi connectivity index (χ1) is 10.8. The van der Waals surface area contributed by atoms with Gasteiger partial charge in [-0.3, -0.25) is 4.57 Å². The van der Waals surface area contributed by atoms with Crippen molar-refractivity contribution in [1.82, 2.24) is 9.55 Å². The molecule has 0 amide bonds. The number of aliphatic hydroxyl groups is 2. The van der Waals surface area contributed by atoms with Crippen molar-refractivity contribution in [3.05, 3.63) is 22.7 Å². The first-order valence-electron chi connectivity index (χ1n) is 6.10. The molecule has 2 rings (SSSR count). The highest BCUT2D eigenvalue weighted by atomic mass is 31.2. The van der Waals surface area contributed by atoms with Crippen LogP contribution in [0.2, 0.25) is 0 Å². The molecule has 1 aliphatic rings. The highest BCUT2D eigenvalue weighted by Gasteiger charge is 2.47. The summed E-state index contributed by atoms with van der Waals surface area (Å²) in [6.07, 6.45) is -4.13. The van der Waals surface area contributed by atoms with Crippen molar-refractivity contribution >= 4 is 22.3 Å². The number of aromatic nitrogens is 2. The lowest BCUT2D eigenvalue weighted by Crippen LogP contribution is -2.36. The second-order valence-corrected chi connectivity index (χ2v) is 6.26. The smallest absolute Gasteiger partial charge is 0.387 e. The standard InChI is InChI=1S/C9H11N3O9P2/c10-5-1-2-12(9(15)11-5)8-7(14)6(13)4(20-8)3-19-23(18)21-22(16)17/h1-2,4,6-8,13-14H,3H2,(H-2,10,11,15,16,17)/p+2. The van der Waals surface area contributed by atoms with Crippen LogP contribution < -0.4 is 11.4 Å². The number of hydrogen-bond donors (Lipinski definition) is 4. The van der Waals surface area contributed by atoms with Crippen LogP contribution >= 0.6 is 16.5 Å². The van der Waals surface area contributed by atoms with Gasteiger partial charge in [-0.05, 0) is 6.07 Å². The number of anilines is 1. The molecule has 2 heterocycles. The van der Waals surface area contributed by atoms with E-state index in [0.717, 1.165) is 4.57 Å². The van der Waals surface area contributed by atoms with E-state index < -0.39 is 53.3 Å². The quantitative estimate of drug-likeness (QED) is 0.441. The average molecular weight is 369 g/mol. The third kappa shape index (κ3) is 4.34. The Kier molecular flexibility index (Phi) is 5.84. The number of aliphatic hydroxyl groups excluding tert-OH is 2. The van der Waals surface area contributed by atoms with Crippen LogP contribution in [0.3, 0.4) is 0 Å². The van der Waals surface area contributed by atoms with Gasteiger partial charge in [-0.1, -0.05) is 0 Å². The van der Waals surface area contributed by atoms with Gasteiger partial charge in [0.25, 0.3) is 0 Å². The van der Waals surface area contributed by atoms with Gasteiger partial charge in [-0.2, -0.15) is 4.98 Å². The molecule has 0 spiro atoms. The zero-order valence-corrected chi connectivity index (χ0v) is 13.1. The molecule has 0 aliphatic carbocycles. The van der Waals surface area contributed by atoms with Crippen molar-refractivity contribution in [2.45, 2.75) is 24.5 Å². The summed E-state index contributed by atoms with van der Waals surface area (Å²) in [5, 5.41) is 19.8. The summed E-state index contributed by atoms with van der Waals surface area (Å²) in [7, 11) is -6.02. The Morgan fingerprint density at radius 1 is 1.39 bits per heavy atom. The highest BCUT2D eigenvalue weighted by Crippen LogP contribution is 2.37. The largest absolute Gasteiger partial charge is 0.747 e. The maximum absolute atomic E-state index is 11.7. The van der Waals surface area contributed by atoms with Crippen molar-refractivity contribution in [2.75, 3.05) is 12.3 Å². The first-order valence-corrected chi connectivity index (χ1v) is 8.33. The second-order valence-electron chi connectivity index (χ2n) is 4.43.